The molecule has 0 fully saturated rings. The maximum atomic E-state index is 13.3. The first-order valence-corrected chi connectivity index (χ1v) is 10.9. The lowest BCUT2D eigenvalue weighted by atomic mass is 10.3. The summed E-state index contributed by atoms with van der Waals surface area (Å²) in [4.78, 5) is 12.3. The first-order valence-electron chi connectivity index (χ1n) is 8.75. The quantitative estimate of drug-likeness (QED) is 0.411. The van der Waals surface area contributed by atoms with Crippen molar-refractivity contribution in [2.24, 2.45) is 0 Å². The summed E-state index contributed by atoms with van der Waals surface area (Å²) in [6, 6.07) is 9.11. The number of benzene rings is 2. The fourth-order valence-corrected chi connectivity index (χ4v) is 3.82. The van der Waals surface area contributed by atoms with Crippen molar-refractivity contribution >= 4 is 58.2 Å². The number of rotatable bonds is 8. The zero-order valence-corrected chi connectivity index (χ0v) is 18.7. The van der Waals surface area contributed by atoms with E-state index in [0.29, 0.717) is 34.0 Å². The van der Waals surface area contributed by atoms with E-state index in [-0.39, 0.29) is 28.3 Å². The largest absolute Gasteiger partial charge is 0.486 e. The number of aromatic nitrogens is 3. The predicted molar refractivity (Wildman–Crippen MR) is 117 cm³/mol. The van der Waals surface area contributed by atoms with Gasteiger partial charge in [-0.15, -0.1) is 10.2 Å². The molecule has 0 unspecified atom stereocenters. The van der Waals surface area contributed by atoms with Gasteiger partial charge in [0.2, 0.25) is 5.91 Å². The number of thioether (sulfide) groups is 1. The van der Waals surface area contributed by atoms with Crippen LogP contribution in [0.15, 0.2) is 41.6 Å². The van der Waals surface area contributed by atoms with Gasteiger partial charge < -0.3 is 14.6 Å². The van der Waals surface area contributed by atoms with Crippen molar-refractivity contribution < 1.29 is 13.9 Å². The number of nitrogens with one attached hydrogen (secondary N) is 1. The molecule has 6 nitrogen and oxygen atoms in total. The van der Waals surface area contributed by atoms with E-state index >= 15 is 0 Å². The van der Waals surface area contributed by atoms with Crippen LogP contribution in [0.1, 0.15) is 12.7 Å². The highest BCUT2D eigenvalue weighted by atomic mass is 35.5. The molecular formula is C19H16Cl3FN4O2S. The third-order valence-electron chi connectivity index (χ3n) is 3.93. The highest BCUT2D eigenvalue weighted by Crippen LogP contribution is 2.30. The Morgan fingerprint density at radius 3 is 2.73 bits per heavy atom. The molecule has 30 heavy (non-hydrogen) atoms. The second kappa shape index (κ2) is 10.3. The molecular weight excluding hydrogens is 474 g/mol. The molecule has 0 bridgehead atoms. The van der Waals surface area contributed by atoms with Gasteiger partial charge in [-0.25, -0.2) is 4.39 Å². The van der Waals surface area contributed by atoms with Crippen LogP contribution in [-0.4, -0.2) is 26.4 Å². The summed E-state index contributed by atoms with van der Waals surface area (Å²) in [5.74, 6) is 0.318. The van der Waals surface area contributed by atoms with Crippen LogP contribution in [0.5, 0.6) is 5.75 Å². The molecule has 158 valence electrons. The third-order valence-corrected chi connectivity index (χ3v) is 6.00. The van der Waals surface area contributed by atoms with Crippen LogP contribution < -0.4 is 10.1 Å². The van der Waals surface area contributed by atoms with E-state index in [0.717, 1.165) is 0 Å². The van der Waals surface area contributed by atoms with Crippen LogP contribution in [0.2, 0.25) is 15.1 Å². The van der Waals surface area contributed by atoms with Gasteiger partial charge in [-0.2, -0.15) is 0 Å². The zero-order valence-electron chi connectivity index (χ0n) is 15.7. The van der Waals surface area contributed by atoms with Gasteiger partial charge in [0.15, 0.2) is 11.0 Å². The van der Waals surface area contributed by atoms with Crippen LogP contribution in [0.4, 0.5) is 10.1 Å². The van der Waals surface area contributed by atoms with Crippen molar-refractivity contribution in [3.05, 3.63) is 63.1 Å². The lowest BCUT2D eigenvalue weighted by Crippen LogP contribution is -2.15. The molecule has 1 amide bonds. The number of nitrogens with zero attached hydrogens (tertiary/aromatic N) is 3. The van der Waals surface area contributed by atoms with E-state index in [1.807, 2.05) is 11.5 Å². The minimum absolute atomic E-state index is 0.0217. The normalized spacial score (nSPS) is 10.8. The summed E-state index contributed by atoms with van der Waals surface area (Å²) in [7, 11) is 0. The lowest BCUT2D eigenvalue weighted by molar-refractivity contribution is -0.113. The van der Waals surface area contributed by atoms with Gasteiger partial charge in [0.1, 0.15) is 18.2 Å². The molecule has 0 aliphatic rings. The molecule has 0 saturated carbocycles. The minimum Gasteiger partial charge on any atom is -0.486 e. The molecule has 0 spiro atoms. The first kappa shape index (κ1) is 22.7. The molecule has 3 rings (SSSR count). The molecule has 3 aromatic rings. The number of carbonyl (C=O) groups is 1. The highest BCUT2D eigenvalue weighted by molar-refractivity contribution is 7.99. The van der Waals surface area contributed by atoms with Crippen molar-refractivity contribution in [1.29, 1.82) is 0 Å². The lowest BCUT2D eigenvalue weighted by Gasteiger charge is -2.10. The van der Waals surface area contributed by atoms with E-state index in [9.17, 15) is 9.18 Å². The molecule has 0 aliphatic heterocycles. The van der Waals surface area contributed by atoms with Crippen molar-refractivity contribution in [3.8, 4) is 5.75 Å². The Morgan fingerprint density at radius 1 is 1.20 bits per heavy atom. The number of anilines is 1. The van der Waals surface area contributed by atoms with Crippen LogP contribution >= 0.6 is 46.6 Å². The first-order chi connectivity index (χ1) is 14.4. The third kappa shape index (κ3) is 5.57. The number of halogens is 4. The second-order valence-corrected chi connectivity index (χ2v) is 8.08. The summed E-state index contributed by atoms with van der Waals surface area (Å²) >= 11 is 19.0. The number of hydrogen-bond acceptors (Lipinski definition) is 5. The van der Waals surface area contributed by atoms with Gasteiger partial charge in [-0.05, 0) is 31.2 Å². The Morgan fingerprint density at radius 2 is 2.00 bits per heavy atom. The summed E-state index contributed by atoms with van der Waals surface area (Å²) in [5, 5.41) is 12.2. The average Bonchev–Trinajstić information content (AvgIpc) is 3.12. The Labute approximate surface area is 191 Å². The highest BCUT2D eigenvalue weighted by Gasteiger charge is 2.15. The zero-order chi connectivity index (χ0) is 21.7. The molecule has 1 N–H and O–H groups in total. The minimum atomic E-state index is -0.517. The fraction of sp³-hybridized carbons (Fsp3) is 0.211. The van der Waals surface area contributed by atoms with Crippen LogP contribution in [0.25, 0.3) is 0 Å². The van der Waals surface area contributed by atoms with E-state index in [2.05, 4.69) is 15.5 Å². The molecule has 0 radical (unpaired) electrons. The summed E-state index contributed by atoms with van der Waals surface area (Å²) in [5.41, 5.74) is 0.443. The number of hydrogen-bond donors (Lipinski definition) is 1. The smallest absolute Gasteiger partial charge is 0.234 e. The number of carbonyl (C=O) groups excluding carboxylic acids is 1. The van der Waals surface area contributed by atoms with Gasteiger partial charge in [0, 0.05) is 12.6 Å². The SMILES string of the molecule is CCn1c(COc2ccc(F)c(Cl)c2)nnc1SCC(=O)Nc1cccc(Cl)c1Cl. The van der Waals surface area contributed by atoms with Gasteiger partial charge in [-0.1, -0.05) is 52.6 Å². The standard InChI is InChI=1S/C19H16Cl3FN4O2S/c1-2-27-16(9-29-11-6-7-14(23)13(21)8-11)25-26-19(27)30-10-17(28)24-15-5-3-4-12(20)18(15)22/h3-8H,2,9-10H2,1H3,(H,24,28). The summed E-state index contributed by atoms with van der Waals surface area (Å²) in [6.07, 6.45) is 0. The maximum absolute atomic E-state index is 13.3. The van der Waals surface area contributed by atoms with Crippen LogP contribution in [-0.2, 0) is 17.9 Å². The molecule has 0 atom stereocenters. The monoisotopic (exact) mass is 488 g/mol. The molecule has 1 heterocycles. The maximum Gasteiger partial charge on any atom is 0.234 e. The molecule has 2 aromatic carbocycles. The van der Waals surface area contributed by atoms with Crippen LogP contribution in [0, 0.1) is 5.82 Å². The molecule has 0 aliphatic carbocycles. The van der Waals surface area contributed by atoms with E-state index < -0.39 is 5.82 Å². The molecule has 0 saturated heterocycles. The van der Waals surface area contributed by atoms with Crippen molar-refractivity contribution in [1.82, 2.24) is 14.8 Å². The van der Waals surface area contributed by atoms with E-state index in [4.69, 9.17) is 39.5 Å². The summed E-state index contributed by atoms with van der Waals surface area (Å²) < 4.78 is 20.7. The Balaban J connectivity index is 1.60. The van der Waals surface area contributed by atoms with Gasteiger partial charge in [-0.3, -0.25) is 4.79 Å². The van der Waals surface area contributed by atoms with Crippen molar-refractivity contribution in [2.45, 2.75) is 25.2 Å². The van der Waals surface area contributed by atoms with E-state index in [1.165, 1.54) is 30.0 Å². The second-order valence-electron chi connectivity index (χ2n) is 5.95. The molecule has 11 heteroatoms. The number of ether oxygens (including phenoxy) is 1. The Hall–Kier alpha value is -2.00. The Kier molecular flexibility index (Phi) is 7.82. The van der Waals surface area contributed by atoms with Crippen molar-refractivity contribution in [3.63, 3.8) is 0 Å². The van der Waals surface area contributed by atoms with Crippen LogP contribution in [0.3, 0.4) is 0 Å². The van der Waals surface area contributed by atoms with Gasteiger partial charge in [0.05, 0.1) is 26.5 Å². The van der Waals surface area contributed by atoms with E-state index in [1.54, 1.807) is 18.2 Å². The Bertz CT molecular complexity index is 1060. The average molecular weight is 490 g/mol. The number of amides is 1. The fourth-order valence-electron chi connectivity index (χ4n) is 2.48. The summed E-state index contributed by atoms with van der Waals surface area (Å²) in [6.45, 7) is 2.63. The topological polar surface area (TPSA) is 69.0 Å². The van der Waals surface area contributed by atoms with Gasteiger partial charge in [0.25, 0.3) is 0 Å². The van der Waals surface area contributed by atoms with Gasteiger partial charge >= 0.3 is 0 Å². The predicted octanol–water partition coefficient (Wildman–Crippen LogP) is 5.71. The molecule has 1 aromatic heterocycles. The van der Waals surface area contributed by atoms with Crippen molar-refractivity contribution in [2.75, 3.05) is 11.1 Å².